The maximum Gasteiger partial charge on any atom is -0.0132 e. The van der Waals surface area contributed by atoms with Crippen LogP contribution in [0.2, 0.25) is 0 Å². The molecule has 0 radical (unpaired) electrons. The van der Waals surface area contributed by atoms with Gasteiger partial charge in [0, 0.05) is 0 Å². The van der Waals surface area contributed by atoms with Gasteiger partial charge in [-0.3, -0.25) is 0 Å². The van der Waals surface area contributed by atoms with Crippen LogP contribution in [-0.4, -0.2) is 0 Å². The Labute approximate surface area is 87.3 Å². The van der Waals surface area contributed by atoms with Crippen LogP contribution in [0.5, 0.6) is 0 Å². The molecule has 0 nitrogen and oxygen atoms in total. The van der Waals surface area contributed by atoms with Crippen LogP contribution in [0.4, 0.5) is 0 Å². The molecule has 2 rings (SSSR count). The first-order valence-corrected chi connectivity index (χ1v) is 5.61. The summed E-state index contributed by atoms with van der Waals surface area (Å²) in [5.74, 6) is 0. The summed E-state index contributed by atoms with van der Waals surface area (Å²) < 4.78 is 0. The van der Waals surface area contributed by atoms with Crippen molar-refractivity contribution < 1.29 is 0 Å². The zero-order chi connectivity index (χ0) is 10.3. The molecule has 14 heavy (non-hydrogen) atoms. The predicted octanol–water partition coefficient (Wildman–Crippen LogP) is 3.78. The van der Waals surface area contributed by atoms with Crippen molar-refractivity contribution in [3.05, 3.63) is 34.4 Å². The average Bonchev–Trinajstić information content (AvgIpc) is 2.50. The van der Waals surface area contributed by atoms with E-state index in [-0.39, 0.29) is 0 Å². The molecule has 76 valence electrons. The van der Waals surface area contributed by atoms with E-state index < -0.39 is 0 Å². The van der Waals surface area contributed by atoms with Gasteiger partial charge in [-0.15, -0.1) is 0 Å². The van der Waals surface area contributed by atoms with E-state index in [0.29, 0.717) is 5.41 Å². The van der Waals surface area contributed by atoms with Gasteiger partial charge in [0.15, 0.2) is 0 Å². The summed E-state index contributed by atoms with van der Waals surface area (Å²) in [6.07, 6.45) is 3.94. The van der Waals surface area contributed by atoms with E-state index in [1.54, 1.807) is 11.1 Å². The molecule has 0 atom stereocenters. The van der Waals surface area contributed by atoms with Crippen molar-refractivity contribution in [2.45, 2.75) is 52.4 Å². The number of rotatable bonds is 0. The normalized spacial score (nSPS) is 15.7. The lowest BCUT2D eigenvalue weighted by molar-refractivity contribution is 0.589. The third-order valence-electron chi connectivity index (χ3n) is 3.30. The molecular weight excluding hydrogens is 168 g/mol. The first kappa shape index (κ1) is 9.76. The molecule has 0 heteroatoms. The van der Waals surface area contributed by atoms with Gasteiger partial charge in [0.05, 0.1) is 0 Å². The van der Waals surface area contributed by atoms with Crippen molar-refractivity contribution in [3.8, 4) is 0 Å². The minimum Gasteiger partial charge on any atom is -0.0561 e. The second kappa shape index (κ2) is 3.12. The van der Waals surface area contributed by atoms with Crippen LogP contribution < -0.4 is 0 Å². The van der Waals surface area contributed by atoms with Gasteiger partial charge < -0.3 is 0 Å². The van der Waals surface area contributed by atoms with E-state index in [0.717, 1.165) is 0 Å². The fourth-order valence-electron chi connectivity index (χ4n) is 2.36. The zero-order valence-electron chi connectivity index (χ0n) is 9.78. The number of benzene rings is 1. The Morgan fingerprint density at radius 1 is 1.07 bits per heavy atom. The van der Waals surface area contributed by atoms with Gasteiger partial charge in [0.1, 0.15) is 0 Å². The van der Waals surface area contributed by atoms with Crippen molar-refractivity contribution >= 4 is 0 Å². The van der Waals surface area contributed by atoms with Gasteiger partial charge in [-0.25, -0.2) is 0 Å². The highest BCUT2D eigenvalue weighted by molar-refractivity contribution is 5.43. The Morgan fingerprint density at radius 2 is 1.79 bits per heavy atom. The van der Waals surface area contributed by atoms with E-state index in [1.807, 2.05) is 0 Å². The monoisotopic (exact) mass is 188 g/mol. The van der Waals surface area contributed by atoms with Gasteiger partial charge >= 0.3 is 0 Å². The van der Waals surface area contributed by atoms with Crippen molar-refractivity contribution in [1.82, 2.24) is 0 Å². The second-order valence-corrected chi connectivity index (χ2v) is 5.53. The first-order valence-electron chi connectivity index (χ1n) is 5.61. The molecule has 0 heterocycles. The van der Waals surface area contributed by atoms with Crippen LogP contribution in [0.25, 0.3) is 0 Å². The van der Waals surface area contributed by atoms with Crippen molar-refractivity contribution in [3.63, 3.8) is 0 Å². The van der Waals surface area contributed by atoms with Gasteiger partial charge in [-0.1, -0.05) is 32.9 Å². The molecular formula is C14H20. The molecule has 0 aliphatic heterocycles. The number of fused-ring (bicyclic) bond motifs is 1. The van der Waals surface area contributed by atoms with E-state index in [2.05, 4.69) is 39.8 Å². The second-order valence-electron chi connectivity index (χ2n) is 5.53. The van der Waals surface area contributed by atoms with Gasteiger partial charge in [-0.2, -0.15) is 0 Å². The first-order chi connectivity index (χ1) is 6.48. The quantitative estimate of drug-likeness (QED) is 0.581. The molecule has 0 saturated heterocycles. The SMILES string of the molecule is Cc1cc(C(C)(C)C)cc2c1CCC2. The van der Waals surface area contributed by atoms with E-state index >= 15 is 0 Å². The Hall–Kier alpha value is -0.780. The molecule has 1 aliphatic rings. The Morgan fingerprint density at radius 3 is 2.43 bits per heavy atom. The molecule has 0 bridgehead atoms. The van der Waals surface area contributed by atoms with Crippen LogP contribution in [0.3, 0.4) is 0 Å². The van der Waals surface area contributed by atoms with Crippen LogP contribution in [-0.2, 0) is 18.3 Å². The third-order valence-corrected chi connectivity index (χ3v) is 3.30. The summed E-state index contributed by atoms with van der Waals surface area (Å²) in [7, 11) is 0. The standard InChI is InChI=1S/C14H20/c1-10-8-12(14(2,3)4)9-11-6-5-7-13(10)11/h8-9H,5-7H2,1-4H3. The largest absolute Gasteiger partial charge is 0.0561 e. The molecule has 0 fully saturated rings. The van der Waals surface area contributed by atoms with Crippen molar-refractivity contribution in [2.24, 2.45) is 0 Å². The summed E-state index contributed by atoms with van der Waals surface area (Å²) >= 11 is 0. The fourth-order valence-corrected chi connectivity index (χ4v) is 2.36. The van der Waals surface area contributed by atoms with E-state index in [9.17, 15) is 0 Å². The molecule has 0 saturated carbocycles. The minimum atomic E-state index is 0.294. The lowest BCUT2D eigenvalue weighted by atomic mass is 9.84. The van der Waals surface area contributed by atoms with Crippen LogP contribution >= 0.6 is 0 Å². The topological polar surface area (TPSA) is 0 Å². The number of aryl methyl sites for hydroxylation is 2. The molecule has 0 N–H and O–H groups in total. The van der Waals surface area contributed by atoms with Gasteiger partial charge in [0.2, 0.25) is 0 Å². The highest BCUT2D eigenvalue weighted by atomic mass is 14.2. The highest BCUT2D eigenvalue weighted by Crippen LogP contribution is 2.31. The Bertz CT molecular complexity index is 353. The van der Waals surface area contributed by atoms with E-state index in [4.69, 9.17) is 0 Å². The summed E-state index contributed by atoms with van der Waals surface area (Å²) in [4.78, 5) is 0. The summed E-state index contributed by atoms with van der Waals surface area (Å²) in [6.45, 7) is 9.15. The molecule has 0 unspecified atom stereocenters. The van der Waals surface area contributed by atoms with Crippen molar-refractivity contribution in [2.75, 3.05) is 0 Å². The van der Waals surface area contributed by atoms with Gasteiger partial charge in [0.25, 0.3) is 0 Å². The minimum absolute atomic E-state index is 0.294. The van der Waals surface area contributed by atoms with E-state index in [1.165, 1.54) is 30.4 Å². The molecule has 1 aromatic carbocycles. The maximum absolute atomic E-state index is 2.43. The average molecular weight is 188 g/mol. The molecule has 0 spiro atoms. The third kappa shape index (κ3) is 1.58. The highest BCUT2D eigenvalue weighted by Gasteiger charge is 2.19. The smallest absolute Gasteiger partial charge is 0.0132 e. The van der Waals surface area contributed by atoms with Gasteiger partial charge in [-0.05, 0) is 53.9 Å². The van der Waals surface area contributed by atoms with Crippen LogP contribution in [0.1, 0.15) is 49.4 Å². The number of hydrogen-bond acceptors (Lipinski definition) is 0. The summed E-state index contributed by atoms with van der Waals surface area (Å²) in [6, 6.07) is 4.81. The summed E-state index contributed by atoms with van der Waals surface area (Å²) in [5, 5.41) is 0. The number of hydrogen-bond donors (Lipinski definition) is 0. The van der Waals surface area contributed by atoms with Crippen molar-refractivity contribution in [1.29, 1.82) is 0 Å². The molecule has 0 aromatic heterocycles. The Kier molecular flexibility index (Phi) is 2.17. The maximum atomic E-state index is 2.43. The van der Waals surface area contributed by atoms with Crippen LogP contribution in [0.15, 0.2) is 12.1 Å². The lowest BCUT2D eigenvalue weighted by Gasteiger charge is -2.21. The molecule has 1 aromatic rings. The summed E-state index contributed by atoms with van der Waals surface area (Å²) in [5.41, 5.74) is 6.52. The zero-order valence-corrected chi connectivity index (χ0v) is 9.78. The van der Waals surface area contributed by atoms with Crippen LogP contribution in [0, 0.1) is 6.92 Å². The molecule has 0 amide bonds. The predicted molar refractivity (Wildman–Crippen MR) is 61.9 cm³/mol. The Balaban J connectivity index is 2.52. The fraction of sp³-hybridized carbons (Fsp3) is 0.571. The molecule has 1 aliphatic carbocycles. The lowest BCUT2D eigenvalue weighted by Crippen LogP contribution is -2.12.